The van der Waals surface area contributed by atoms with Crippen molar-refractivity contribution < 1.29 is 9.47 Å². The summed E-state index contributed by atoms with van der Waals surface area (Å²) in [6, 6.07) is 1.23. The molecule has 0 fully saturated rings. The van der Waals surface area contributed by atoms with E-state index in [0.29, 0.717) is 0 Å². The minimum Gasteiger partial charge on any atom is -0.376 e. The van der Waals surface area contributed by atoms with E-state index in [1.807, 2.05) is 0 Å². The van der Waals surface area contributed by atoms with Crippen LogP contribution < -0.4 is 0 Å². The van der Waals surface area contributed by atoms with Crippen molar-refractivity contribution in [1.82, 2.24) is 0 Å². The van der Waals surface area contributed by atoms with Crippen LogP contribution in [-0.2, 0) is 9.47 Å². The standard InChI is InChI=1S/C12H27O2Si/c1-7-8-15-12(6,14-11(4)5)9-13-10(2)3/h10-11H,1,7-9,15H2,2-6H3. The van der Waals surface area contributed by atoms with Crippen molar-refractivity contribution in [3.63, 3.8) is 0 Å². The molecule has 0 saturated heterocycles. The number of hydrogen-bond donors (Lipinski definition) is 0. The predicted octanol–water partition coefficient (Wildman–Crippen LogP) is 2.36. The summed E-state index contributed by atoms with van der Waals surface area (Å²) in [4.78, 5) is 0. The van der Waals surface area contributed by atoms with E-state index in [0.717, 1.165) is 13.0 Å². The van der Waals surface area contributed by atoms with Crippen molar-refractivity contribution in [1.29, 1.82) is 0 Å². The highest BCUT2D eigenvalue weighted by molar-refractivity contribution is 6.39. The largest absolute Gasteiger partial charge is 0.376 e. The second-order valence-electron chi connectivity index (χ2n) is 4.93. The first-order valence-corrected chi connectivity index (χ1v) is 7.69. The van der Waals surface area contributed by atoms with Crippen LogP contribution in [0.1, 0.15) is 41.0 Å². The summed E-state index contributed by atoms with van der Waals surface area (Å²) in [6.07, 6.45) is 1.59. The van der Waals surface area contributed by atoms with Crippen LogP contribution >= 0.6 is 0 Å². The molecule has 91 valence electrons. The van der Waals surface area contributed by atoms with Gasteiger partial charge in [0.15, 0.2) is 0 Å². The fourth-order valence-corrected chi connectivity index (χ4v) is 3.29. The third-order valence-corrected chi connectivity index (χ3v) is 4.48. The lowest BCUT2D eigenvalue weighted by molar-refractivity contribution is -0.0768. The van der Waals surface area contributed by atoms with Gasteiger partial charge in [-0.15, -0.1) is 0 Å². The van der Waals surface area contributed by atoms with Crippen molar-refractivity contribution in [2.24, 2.45) is 0 Å². The minimum atomic E-state index is -0.267. The summed E-state index contributed by atoms with van der Waals surface area (Å²) in [5, 5.41) is -0.0177. The van der Waals surface area contributed by atoms with Gasteiger partial charge in [-0.1, -0.05) is 19.4 Å². The van der Waals surface area contributed by atoms with Crippen molar-refractivity contribution in [2.75, 3.05) is 6.61 Å². The van der Waals surface area contributed by atoms with Crippen LogP contribution in [0.15, 0.2) is 0 Å². The molecule has 0 aromatic heterocycles. The van der Waals surface area contributed by atoms with Gasteiger partial charge in [-0.05, 0) is 34.6 Å². The Balaban J connectivity index is 4.13. The molecule has 0 heterocycles. The Bertz CT molecular complexity index is 160. The fraction of sp³-hybridized carbons (Fsp3) is 0.917. The Labute approximate surface area is 97.6 Å². The third kappa shape index (κ3) is 8.00. The average Bonchev–Trinajstić information content (AvgIpc) is 2.11. The van der Waals surface area contributed by atoms with Gasteiger partial charge in [-0.3, -0.25) is 0 Å². The van der Waals surface area contributed by atoms with Crippen LogP contribution in [0.2, 0.25) is 6.04 Å². The number of hydrogen-bond acceptors (Lipinski definition) is 2. The van der Waals surface area contributed by atoms with Crippen LogP contribution in [0.3, 0.4) is 0 Å². The number of rotatable bonds is 8. The van der Waals surface area contributed by atoms with Gasteiger partial charge in [0.25, 0.3) is 0 Å². The normalized spacial score (nSPS) is 16.8. The fourth-order valence-electron chi connectivity index (χ4n) is 1.58. The molecule has 0 aliphatic carbocycles. The summed E-state index contributed by atoms with van der Waals surface area (Å²) in [5.74, 6) is 0. The summed E-state index contributed by atoms with van der Waals surface area (Å²) in [6.45, 7) is 15.1. The predicted molar refractivity (Wildman–Crippen MR) is 69.0 cm³/mol. The zero-order chi connectivity index (χ0) is 11.9. The van der Waals surface area contributed by atoms with Crippen LogP contribution in [-0.4, -0.2) is 33.6 Å². The second-order valence-corrected chi connectivity index (χ2v) is 7.64. The van der Waals surface area contributed by atoms with E-state index in [1.165, 1.54) is 6.04 Å². The Morgan fingerprint density at radius 3 is 2.20 bits per heavy atom. The maximum atomic E-state index is 6.00. The summed E-state index contributed by atoms with van der Waals surface area (Å²) in [7, 11) is -0.267. The van der Waals surface area contributed by atoms with Gasteiger partial charge in [0.2, 0.25) is 0 Å². The molecule has 1 atom stereocenters. The topological polar surface area (TPSA) is 18.5 Å². The zero-order valence-electron chi connectivity index (χ0n) is 11.0. The molecule has 1 unspecified atom stereocenters. The molecule has 0 amide bonds. The zero-order valence-corrected chi connectivity index (χ0v) is 12.4. The van der Waals surface area contributed by atoms with Crippen LogP contribution in [0.25, 0.3) is 0 Å². The van der Waals surface area contributed by atoms with Gasteiger partial charge in [-0.25, -0.2) is 0 Å². The highest BCUT2D eigenvalue weighted by Gasteiger charge is 2.26. The lowest BCUT2D eigenvalue weighted by Crippen LogP contribution is -2.43. The maximum Gasteiger partial charge on any atom is 0.0723 e. The Morgan fingerprint density at radius 1 is 1.20 bits per heavy atom. The molecule has 0 spiro atoms. The molecule has 15 heavy (non-hydrogen) atoms. The molecule has 0 bridgehead atoms. The molecule has 0 aromatic carbocycles. The molecule has 0 saturated carbocycles. The summed E-state index contributed by atoms with van der Waals surface area (Å²) >= 11 is 0. The molecule has 2 nitrogen and oxygen atoms in total. The van der Waals surface area contributed by atoms with E-state index in [1.54, 1.807) is 0 Å². The Morgan fingerprint density at radius 2 is 1.80 bits per heavy atom. The first-order chi connectivity index (χ1) is 6.89. The first-order valence-electron chi connectivity index (χ1n) is 5.98. The highest BCUT2D eigenvalue weighted by Crippen LogP contribution is 2.15. The van der Waals surface area contributed by atoms with Crippen molar-refractivity contribution >= 4 is 9.52 Å². The molecular weight excluding hydrogens is 204 g/mol. The molecule has 0 aliphatic rings. The molecule has 0 aromatic rings. The van der Waals surface area contributed by atoms with Gasteiger partial charge in [0.05, 0.1) is 33.6 Å². The van der Waals surface area contributed by atoms with E-state index in [9.17, 15) is 0 Å². The van der Waals surface area contributed by atoms with E-state index < -0.39 is 0 Å². The van der Waals surface area contributed by atoms with Crippen molar-refractivity contribution in [2.45, 2.75) is 64.5 Å². The van der Waals surface area contributed by atoms with Crippen molar-refractivity contribution in [3.8, 4) is 0 Å². The molecule has 0 aliphatic heterocycles. The van der Waals surface area contributed by atoms with E-state index in [-0.39, 0.29) is 27.0 Å². The van der Waals surface area contributed by atoms with Gasteiger partial charge < -0.3 is 9.47 Å². The van der Waals surface area contributed by atoms with Crippen molar-refractivity contribution in [3.05, 3.63) is 6.92 Å². The van der Waals surface area contributed by atoms with Gasteiger partial charge in [-0.2, -0.15) is 0 Å². The van der Waals surface area contributed by atoms with E-state index in [2.05, 4.69) is 41.5 Å². The van der Waals surface area contributed by atoms with Gasteiger partial charge in [0, 0.05) is 0 Å². The first kappa shape index (κ1) is 15.1. The SMILES string of the molecule is [CH2]CC[SiH2]C(C)(COC(C)C)OC(C)C. The van der Waals surface area contributed by atoms with Gasteiger partial charge in [0.1, 0.15) is 0 Å². The lowest BCUT2D eigenvalue weighted by Gasteiger charge is -2.32. The Hall–Kier alpha value is 0.137. The van der Waals surface area contributed by atoms with Gasteiger partial charge >= 0.3 is 0 Å². The molecule has 0 N–H and O–H groups in total. The molecule has 3 heteroatoms. The third-order valence-electron chi connectivity index (χ3n) is 2.20. The monoisotopic (exact) mass is 231 g/mol. The number of ether oxygens (including phenoxy) is 2. The van der Waals surface area contributed by atoms with E-state index in [4.69, 9.17) is 9.47 Å². The second kappa shape index (κ2) is 7.42. The quantitative estimate of drug-likeness (QED) is 0.597. The van der Waals surface area contributed by atoms with E-state index >= 15 is 0 Å². The smallest absolute Gasteiger partial charge is 0.0723 e. The Kier molecular flexibility index (Phi) is 7.48. The maximum absolute atomic E-state index is 6.00. The van der Waals surface area contributed by atoms with Crippen LogP contribution in [0, 0.1) is 6.92 Å². The summed E-state index contributed by atoms with van der Waals surface area (Å²) in [5.41, 5.74) is 0. The summed E-state index contributed by atoms with van der Waals surface area (Å²) < 4.78 is 11.7. The lowest BCUT2D eigenvalue weighted by atomic mass is 10.3. The van der Waals surface area contributed by atoms with Crippen LogP contribution in [0.4, 0.5) is 0 Å². The molecular formula is C12H27O2Si. The minimum absolute atomic E-state index is 0.0177. The molecule has 1 radical (unpaired) electrons. The average molecular weight is 231 g/mol. The van der Waals surface area contributed by atoms with Crippen LogP contribution in [0.5, 0.6) is 0 Å². The highest BCUT2D eigenvalue weighted by atomic mass is 28.2. The molecule has 0 rings (SSSR count).